The van der Waals surface area contributed by atoms with E-state index in [9.17, 15) is 0 Å². The van der Waals surface area contributed by atoms with Gasteiger partial charge < -0.3 is 9.47 Å². The second-order valence-corrected chi connectivity index (χ2v) is 20.1. The number of nitrogens with zero attached hydrogens (tertiary/aromatic N) is 2. The summed E-state index contributed by atoms with van der Waals surface area (Å²) in [7, 11) is 0. The zero-order chi connectivity index (χ0) is 51.8. The molecule has 0 radical (unpaired) electrons. The highest BCUT2D eigenvalue weighted by Crippen LogP contribution is 2.43. The second kappa shape index (κ2) is 20.1. The minimum atomic E-state index is 1.07. The molecule has 0 amide bonds. The lowest BCUT2D eigenvalue weighted by molar-refractivity contribution is 1.18. The van der Waals surface area contributed by atoms with Gasteiger partial charge >= 0.3 is 0 Å². The van der Waals surface area contributed by atoms with Crippen molar-refractivity contribution >= 4 is 49.6 Å². The summed E-state index contributed by atoms with van der Waals surface area (Å²) in [5.74, 6) is 0. The molecule has 0 fully saturated rings. The number of benzene rings is 13. The molecule has 0 saturated carbocycles. The Balaban J connectivity index is 0.864. The predicted molar refractivity (Wildman–Crippen MR) is 331 cm³/mol. The van der Waals surface area contributed by atoms with E-state index in [1.54, 1.807) is 0 Å². The van der Waals surface area contributed by atoms with E-state index in [2.05, 4.69) is 325 Å². The lowest BCUT2D eigenvalue weighted by atomic mass is 9.91. The molecular weight excluding hydrogens is 941 g/mol. The normalized spacial score (nSPS) is 11.3. The third-order valence-corrected chi connectivity index (χ3v) is 15.4. The molecule has 2 nitrogen and oxygen atoms in total. The van der Waals surface area contributed by atoms with Crippen LogP contribution >= 0.6 is 0 Å². The van der Waals surface area contributed by atoms with Crippen LogP contribution in [-0.4, -0.2) is 4.57 Å². The minimum absolute atomic E-state index is 1.07. The molecule has 366 valence electrons. The van der Waals surface area contributed by atoms with E-state index in [1.807, 2.05) is 0 Å². The van der Waals surface area contributed by atoms with Crippen molar-refractivity contribution in [2.24, 2.45) is 0 Å². The van der Waals surface area contributed by atoms with Crippen LogP contribution in [0, 0.1) is 0 Å². The maximum Gasteiger partial charge on any atom is 0.0547 e. The molecule has 0 aliphatic rings. The monoisotopic (exact) mass is 992 g/mol. The zero-order valence-corrected chi connectivity index (χ0v) is 42.9. The molecule has 0 N–H and O–H groups in total. The van der Waals surface area contributed by atoms with Crippen molar-refractivity contribution in [2.75, 3.05) is 4.90 Å². The summed E-state index contributed by atoms with van der Waals surface area (Å²) >= 11 is 0. The third kappa shape index (κ3) is 8.81. The Morgan fingerprint density at radius 1 is 0.218 bits per heavy atom. The van der Waals surface area contributed by atoms with E-state index in [0.29, 0.717) is 0 Å². The number of rotatable bonds is 11. The topological polar surface area (TPSA) is 8.17 Å². The quantitative estimate of drug-likeness (QED) is 0.125. The van der Waals surface area contributed by atoms with Crippen molar-refractivity contribution in [3.63, 3.8) is 0 Å². The van der Waals surface area contributed by atoms with Gasteiger partial charge in [0, 0.05) is 33.5 Å². The second-order valence-electron chi connectivity index (χ2n) is 20.1. The number of para-hydroxylation sites is 2. The predicted octanol–water partition coefficient (Wildman–Crippen LogP) is 21.1. The summed E-state index contributed by atoms with van der Waals surface area (Å²) in [6.07, 6.45) is 0. The van der Waals surface area contributed by atoms with Gasteiger partial charge in [0.1, 0.15) is 0 Å². The van der Waals surface area contributed by atoms with E-state index in [0.717, 1.165) is 33.9 Å². The Morgan fingerprint density at radius 2 is 0.590 bits per heavy atom. The maximum atomic E-state index is 2.40. The molecule has 0 atom stereocenters. The Kier molecular flexibility index (Phi) is 11.9. The fraction of sp³-hybridized carbons (Fsp3) is 0. The molecule has 13 aromatic carbocycles. The fourth-order valence-corrected chi connectivity index (χ4v) is 11.4. The highest BCUT2D eigenvalue weighted by Gasteiger charge is 2.19. The van der Waals surface area contributed by atoms with E-state index in [1.165, 1.54) is 99.3 Å². The average Bonchev–Trinajstić information content (AvgIpc) is 4.12. The van der Waals surface area contributed by atoms with Gasteiger partial charge in [-0.25, -0.2) is 0 Å². The standard InChI is InChI=1S/C76H52N2/c1-4-15-53(16-5-1)56-27-31-58(32-28-56)60-37-43-69(44-38-60)77(70-45-39-61(40-46-70)59-33-29-57(30-34-59)54-17-6-2-7-18-54)71-47-41-62(42-48-71)65-50-66(64-36-35-55-19-10-11-20-63(55)49-64)52-67(51-65)72-24-14-26-75-76(72)73-23-12-13-25-74(73)78(75)68-21-8-3-9-22-68/h1-52H. The molecule has 0 saturated heterocycles. The van der Waals surface area contributed by atoms with Gasteiger partial charge in [-0.05, 0) is 174 Å². The molecule has 14 rings (SSSR count). The molecule has 1 heterocycles. The fourth-order valence-electron chi connectivity index (χ4n) is 11.4. The first-order valence-electron chi connectivity index (χ1n) is 26.8. The maximum absolute atomic E-state index is 2.40. The van der Waals surface area contributed by atoms with Crippen LogP contribution in [0.25, 0.3) is 116 Å². The van der Waals surface area contributed by atoms with Gasteiger partial charge in [-0.3, -0.25) is 0 Å². The van der Waals surface area contributed by atoms with Crippen molar-refractivity contribution < 1.29 is 0 Å². The number of anilines is 3. The molecule has 0 unspecified atom stereocenters. The van der Waals surface area contributed by atoms with Gasteiger partial charge in [0.05, 0.1) is 11.0 Å². The molecule has 0 aliphatic carbocycles. The van der Waals surface area contributed by atoms with Crippen LogP contribution < -0.4 is 4.90 Å². The Bertz CT molecular complexity index is 4280. The van der Waals surface area contributed by atoms with E-state index in [-0.39, 0.29) is 0 Å². The molecule has 78 heavy (non-hydrogen) atoms. The molecule has 0 aliphatic heterocycles. The number of hydrogen-bond acceptors (Lipinski definition) is 1. The number of aromatic nitrogens is 1. The first-order valence-corrected chi connectivity index (χ1v) is 26.8. The Morgan fingerprint density at radius 3 is 1.12 bits per heavy atom. The summed E-state index contributed by atoms with van der Waals surface area (Å²) < 4.78 is 2.40. The first kappa shape index (κ1) is 46.3. The lowest BCUT2D eigenvalue weighted by Crippen LogP contribution is -2.09. The van der Waals surface area contributed by atoms with Gasteiger partial charge in [-0.15, -0.1) is 0 Å². The summed E-state index contributed by atoms with van der Waals surface area (Å²) in [4.78, 5) is 2.37. The summed E-state index contributed by atoms with van der Waals surface area (Å²) in [5, 5.41) is 4.94. The molecule has 2 heteroatoms. The van der Waals surface area contributed by atoms with Crippen LogP contribution in [0.15, 0.2) is 315 Å². The summed E-state index contributed by atoms with van der Waals surface area (Å²) in [6, 6.07) is 115. The van der Waals surface area contributed by atoms with Crippen molar-refractivity contribution in [1.82, 2.24) is 4.57 Å². The van der Waals surface area contributed by atoms with Crippen LogP contribution in [0.3, 0.4) is 0 Å². The van der Waals surface area contributed by atoms with Crippen LogP contribution in [-0.2, 0) is 0 Å². The summed E-state index contributed by atoms with van der Waals surface area (Å²) in [5.41, 5.74) is 23.4. The molecular formula is C76H52N2. The largest absolute Gasteiger partial charge is 0.311 e. The van der Waals surface area contributed by atoms with Crippen molar-refractivity contribution in [3.05, 3.63) is 315 Å². The van der Waals surface area contributed by atoms with Gasteiger partial charge in [-0.2, -0.15) is 0 Å². The van der Waals surface area contributed by atoms with Crippen LogP contribution in [0.5, 0.6) is 0 Å². The highest BCUT2D eigenvalue weighted by atomic mass is 15.1. The van der Waals surface area contributed by atoms with Crippen molar-refractivity contribution in [2.45, 2.75) is 0 Å². The molecule has 0 bridgehead atoms. The number of hydrogen-bond donors (Lipinski definition) is 0. The van der Waals surface area contributed by atoms with Gasteiger partial charge in [-0.1, -0.05) is 231 Å². The highest BCUT2D eigenvalue weighted by molar-refractivity contribution is 6.16. The van der Waals surface area contributed by atoms with Crippen molar-refractivity contribution in [3.8, 4) is 83.6 Å². The van der Waals surface area contributed by atoms with Crippen LogP contribution in [0.2, 0.25) is 0 Å². The average molecular weight is 993 g/mol. The smallest absolute Gasteiger partial charge is 0.0547 e. The molecule has 14 aromatic rings. The van der Waals surface area contributed by atoms with Crippen LogP contribution in [0.1, 0.15) is 0 Å². The molecule has 1 aromatic heterocycles. The minimum Gasteiger partial charge on any atom is -0.311 e. The summed E-state index contributed by atoms with van der Waals surface area (Å²) in [6.45, 7) is 0. The SMILES string of the molecule is c1ccc(-c2ccc(-c3ccc(N(c4ccc(-c5ccc(-c6ccccc6)cc5)cc4)c4ccc(-c5cc(-c6ccc7ccccc7c6)cc(-c6cccc7c6c6ccccc6n7-c6ccccc6)c5)cc4)cc3)cc2)cc1. The van der Waals surface area contributed by atoms with Gasteiger partial charge in [0.25, 0.3) is 0 Å². The Hall–Kier alpha value is -10.3. The lowest BCUT2D eigenvalue weighted by Gasteiger charge is -2.26. The number of fused-ring (bicyclic) bond motifs is 4. The Labute approximate surface area is 455 Å². The first-order chi connectivity index (χ1) is 38.6. The van der Waals surface area contributed by atoms with E-state index in [4.69, 9.17) is 0 Å². The van der Waals surface area contributed by atoms with Gasteiger partial charge in [0.15, 0.2) is 0 Å². The zero-order valence-electron chi connectivity index (χ0n) is 42.9. The van der Waals surface area contributed by atoms with E-state index >= 15 is 0 Å². The van der Waals surface area contributed by atoms with E-state index < -0.39 is 0 Å². The van der Waals surface area contributed by atoms with Crippen molar-refractivity contribution in [1.29, 1.82) is 0 Å². The molecule has 0 spiro atoms. The van der Waals surface area contributed by atoms with Crippen LogP contribution in [0.4, 0.5) is 17.1 Å². The van der Waals surface area contributed by atoms with Gasteiger partial charge in [0.2, 0.25) is 0 Å². The third-order valence-electron chi connectivity index (χ3n) is 15.4.